The van der Waals surface area contributed by atoms with E-state index in [0.29, 0.717) is 17.0 Å². The standard InChI is InChI=1S/C21H19N3O2/c1-15(13-17-9-5-3-6-10-17)14-22-23-21(25)19-16(2)26-24-20(19)18-11-7-4-8-12-18/h3-14H,1-2H3,(H,23,25)/b15-13+,22-14?. The van der Waals surface area contributed by atoms with Crippen molar-refractivity contribution in [2.45, 2.75) is 13.8 Å². The van der Waals surface area contributed by atoms with Gasteiger partial charge in [-0.1, -0.05) is 71.9 Å². The Labute approximate surface area is 152 Å². The number of carbonyl (C=O) groups is 1. The fourth-order valence-electron chi connectivity index (χ4n) is 2.53. The summed E-state index contributed by atoms with van der Waals surface area (Å²) in [5.41, 5.74) is 6.25. The number of nitrogens with one attached hydrogen (secondary N) is 1. The number of hydrogen-bond donors (Lipinski definition) is 1. The Kier molecular flexibility index (Phi) is 5.39. The van der Waals surface area contributed by atoms with Gasteiger partial charge in [-0.05, 0) is 25.0 Å². The number of benzene rings is 2. The van der Waals surface area contributed by atoms with Crippen LogP contribution in [0.15, 0.2) is 75.9 Å². The van der Waals surface area contributed by atoms with Gasteiger partial charge in [0.15, 0.2) is 0 Å². The molecule has 26 heavy (non-hydrogen) atoms. The molecule has 0 aliphatic carbocycles. The summed E-state index contributed by atoms with van der Waals surface area (Å²) in [4.78, 5) is 12.5. The Hall–Kier alpha value is -3.47. The van der Waals surface area contributed by atoms with Crippen LogP contribution in [-0.2, 0) is 0 Å². The Morgan fingerprint density at radius 3 is 2.42 bits per heavy atom. The number of hydrazone groups is 1. The molecule has 5 nitrogen and oxygen atoms in total. The zero-order chi connectivity index (χ0) is 18.4. The van der Waals surface area contributed by atoms with Crippen LogP contribution >= 0.6 is 0 Å². The van der Waals surface area contributed by atoms with Crippen molar-refractivity contribution in [3.63, 3.8) is 0 Å². The molecule has 0 unspecified atom stereocenters. The third kappa shape index (κ3) is 4.13. The van der Waals surface area contributed by atoms with Gasteiger partial charge in [-0.3, -0.25) is 4.79 Å². The highest BCUT2D eigenvalue weighted by Crippen LogP contribution is 2.24. The summed E-state index contributed by atoms with van der Waals surface area (Å²) in [7, 11) is 0. The van der Waals surface area contributed by atoms with Gasteiger partial charge in [0.05, 0.1) is 6.21 Å². The van der Waals surface area contributed by atoms with Gasteiger partial charge >= 0.3 is 0 Å². The summed E-state index contributed by atoms with van der Waals surface area (Å²) in [5.74, 6) is 0.0967. The normalized spacial score (nSPS) is 11.7. The third-order valence-electron chi connectivity index (χ3n) is 3.77. The topological polar surface area (TPSA) is 67.5 Å². The first-order valence-corrected chi connectivity index (χ1v) is 8.23. The number of nitrogens with zero attached hydrogens (tertiary/aromatic N) is 2. The van der Waals surface area contributed by atoms with E-state index in [4.69, 9.17) is 4.52 Å². The Morgan fingerprint density at radius 1 is 1.08 bits per heavy atom. The van der Waals surface area contributed by atoms with Crippen LogP contribution in [0.1, 0.15) is 28.6 Å². The minimum absolute atomic E-state index is 0.355. The molecule has 1 N–H and O–H groups in total. The Balaban J connectivity index is 1.73. The van der Waals surface area contributed by atoms with Crippen LogP contribution in [0.2, 0.25) is 0 Å². The summed E-state index contributed by atoms with van der Waals surface area (Å²) < 4.78 is 5.20. The first-order chi connectivity index (χ1) is 12.6. The molecule has 1 aromatic heterocycles. The molecule has 2 aromatic carbocycles. The first kappa shape index (κ1) is 17.4. The average Bonchev–Trinajstić information content (AvgIpc) is 3.05. The molecule has 0 bridgehead atoms. The van der Waals surface area contributed by atoms with Gasteiger partial charge < -0.3 is 4.52 Å². The SMILES string of the molecule is C/C(C=NNC(=O)c1c(-c2ccccc2)noc1C)=C\c1ccccc1. The molecule has 0 aliphatic rings. The second kappa shape index (κ2) is 8.07. The lowest BCUT2D eigenvalue weighted by Crippen LogP contribution is -2.18. The first-order valence-electron chi connectivity index (χ1n) is 8.23. The smallest absolute Gasteiger partial charge is 0.277 e. The molecule has 0 atom stereocenters. The largest absolute Gasteiger partial charge is 0.360 e. The predicted molar refractivity (Wildman–Crippen MR) is 103 cm³/mol. The number of carbonyl (C=O) groups excluding carboxylic acids is 1. The van der Waals surface area contributed by atoms with E-state index in [1.54, 1.807) is 13.1 Å². The maximum Gasteiger partial charge on any atom is 0.277 e. The van der Waals surface area contributed by atoms with Crippen LogP contribution in [0.25, 0.3) is 17.3 Å². The highest BCUT2D eigenvalue weighted by Gasteiger charge is 2.21. The number of aromatic nitrogens is 1. The summed E-state index contributed by atoms with van der Waals surface area (Å²) in [6.45, 7) is 3.63. The monoisotopic (exact) mass is 345 g/mol. The van der Waals surface area contributed by atoms with Crippen molar-refractivity contribution < 1.29 is 9.32 Å². The minimum atomic E-state index is -0.355. The molecule has 0 radical (unpaired) electrons. The molecule has 130 valence electrons. The lowest BCUT2D eigenvalue weighted by Gasteiger charge is -2.01. The van der Waals surface area contributed by atoms with E-state index in [2.05, 4.69) is 15.7 Å². The van der Waals surface area contributed by atoms with Crippen LogP contribution in [0.4, 0.5) is 0 Å². The lowest BCUT2D eigenvalue weighted by molar-refractivity contribution is 0.0954. The van der Waals surface area contributed by atoms with Crippen molar-refractivity contribution in [1.29, 1.82) is 0 Å². The van der Waals surface area contributed by atoms with Crippen molar-refractivity contribution in [3.8, 4) is 11.3 Å². The summed E-state index contributed by atoms with van der Waals surface area (Å²) in [6, 6.07) is 19.3. The number of amides is 1. The number of hydrogen-bond acceptors (Lipinski definition) is 4. The zero-order valence-electron chi connectivity index (χ0n) is 14.6. The van der Waals surface area contributed by atoms with Gasteiger partial charge in [-0.2, -0.15) is 5.10 Å². The average molecular weight is 345 g/mol. The molecule has 3 rings (SSSR count). The highest BCUT2D eigenvalue weighted by molar-refractivity contribution is 6.01. The molecule has 0 spiro atoms. The molecule has 3 aromatic rings. The number of rotatable bonds is 5. The van der Waals surface area contributed by atoms with E-state index >= 15 is 0 Å². The van der Waals surface area contributed by atoms with Gasteiger partial charge in [0.1, 0.15) is 17.0 Å². The predicted octanol–water partition coefficient (Wildman–Crippen LogP) is 4.47. The molecule has 1 amide bonds. The molecule has 5 heteroatoms. The molecular weight excluding hydrogens is 326 g/mol. The molecule has 0 saturated heterocycles. The van der Waals surface area contributed by atoms with E-state index in [1.807, 2.05) is 73.7 Å². The van der Waals surface area contributed by atoms with Crippen LogP contribution in [0.5, 0.6) is 0 Å². The summed E-state index contributed by atoms with van der Waals surface area (Å²) in [6.07, 6.45) is 3.59. The molecule has 0 saturated carbocycles. The minimum Gasteiger partial charge on any atom is -0.360 e. The highest BCUT2D eigenvalue weighted by atomic mass is 16.5. The van der Waals surface area contributed by atoms with Crippen molar-refractivity contribution in [1.82, 2.24) is 10.6 Å². The Morgan fingerprint density at radius 2 is 1.73 bits per heavy atom. The number of allylic oxidation sites excluding steroid dienone is 1. The van der Waals surface area contributed by atoms with E-state index < -0.39 is 0 Å². The summed E-state index contributed by atoms with van der Waals surface area (Å²) in [5, 5.41) is 8.04. The van der Waals surface area contributed by atoms with Crippen LogP contribution in [-0.4, -0.2) is 17.3 Å². The van der Waals surface area contributed by atoms with Crippen LogP contribution in [0.3, 0.4) is 0 Å². The third-order valence-corrected chi connectivity index (χ3v) is 3.77. The van der Waals surface area contributed by atoms with Crippen molar-refractivity contribution in [3.05, 3.63) is 83.1 Å². The van der Waals surface area contributed by atoms with Gasteiger partial charge in [0.2, 0.25) is 0 Å². The van der Waals surface area contributed by atoms with E-state index in [-0.39, 0.29) is 5.91 Å². The van der Waals surface area contributed by atoms with Crippen molar-refractivity contribution >= 4 is 18.2 Å². The summed E-state index contributed by atoms with van der Waals surface area (Å²) >= 11 is 0. The molecule has 1 heterocycles. The van der Waals surface area contributed by atoms with Crippen LogP contribution in [0, 0.1) is 6.92 Å². The van der Waals surface area contributed by atoms with E-state index in [9.17, 15) is 4.79 Å². The lowest BCUT2D eigenvalue weighted by atomic mass is 10.1. The quantitative estimate of drug-likeness (QED) is 0.548. The maximum atomic E-state index is 12.5. The van der Waals surface area contributed by atoms with Gasteiger partial charge in [0, 0.05) is 5.56 Å². The van der Waals surface area contributed by atoms with Gasteiger partial charge in [-0.15, -0.1) is 0 Å². The number of aryl methyl sites for hydroxylation is 1. The second-order valence-corrected chi connectivity index (χ2v) is 5.83. The second-order valence-electron chi connectivity index (χ2n) is 5.83. The van der Waals surface area contributed by atoms with Gasteiger partial charge in [0.25, 0.3) is 5.91 Å². The Bertz CT molecular complexity index is 942. The molecule has 0 fully saturated rings. The maximum absolute atomic E-state index is 12.5. The fourth-order valence-corrected chi connectivity index (χ4v) is 2.53. The van der Waals surface area contributed by atoms with Crippen LogP contribution < -0.4 is 5.43 Å². The molecular formula is C21H19N3O2. The van der Waals surface area contributed by atoms with Gasteiger partial charge in [-0.25, -0.2) is 5.43 Å². The molecule has 0 aliphatic heterocycles. The van der Waals surface area contributed by atoms with Crippen molar-refractivity contribution in [2.75, 3.05) is 0 Å². The van der Waals surface area contributed by atoms with E-state index in [0.717, 1.165) is 16.7 Å². The van der Waals surface area contributed by atoms with Crippen molar-refractivity contribution in [2.24, 2.45) is 5.10 Å². The zero-order valence-corrected chi connectivity index (χ0v) is 14.6. The fraction of sp³-hybridized carbons (Fsp3) is 0.0952. The van der Waals surface area contributed by atoms with E-state index in [1.165, 1.54) is 0 Å².